The van der Waals surface area contributed by atoms with Crippen molar-refractivity contribution in [3.63, 3.8) is 0 Å². The molecule has 0 aliphatic carbocycles. The third-order valence-corrected chi connectivity index (χ3v) is 4.66. The van der Waals surface area contributed by atoms with Crippen molar-refractivity contribution in [2.45, 2.75) is 39.7 Å². The third kappa shape index (κ3) is 4.29. The summed E-state index contributed by atoms with van der Waals surface area (Å²) < 4.78 is 0. The molecule has 1 saturated heterocycles. The molecule has 5 nitrogen and oxygen atoms in total. The van der Waals surface area contributed by atoms with Gasteiger partial charge in [-0.1, -0.05) is 13.0 Å². The molecule has 1 aliphatic rings. The molecule has 3 heterocycles. The monoisotopic (exact) mass is 325 g/mol. The molecule has 0 radical (unpaired) electrons. The summed E-state index contributed by atoms with van der Waals surface area (Å²) in [6.45, 7) is 9.86. The van der Waals surface area contributed by atoms with E-state index >= 15 is 0 Å². The van der Waals surface area contributed by atoms with E-state index in [-0.39, 0.29) is 0 Å². The van der Waals surface area contributed by atoms with Crippen molar-refractivity contribution in [3.8, 4) is 11.4 Å². The summed E-state index contributed by atoms with van der Waals surface area (Å²) >= 11 is 0. The zero-order chi connectivity index (χ0) is 16.9. The number of rotatable bonds is 5. The number of piperidine rings is 1. The van der Waals surface area contributed by atoms with Gasteiger partial charge in [0.2, 0.25) is 0 Å². The van der Waals surface area contributed by atoms with Gasteiger partial charge in [-0.05, 0) is 51.3 Å². The Labute approximate surface area is 144 Å². The van der Waals surface area contributed by atoms with Crippen LogP contribution in [-0.4, -0.2) is 45.5 Å². The molecule has 5 heteroatoms. The number of nitrogens with zero attached hydrogens (tertiary/aromatic N) is 4. The molecule has 24 heavy (non-hydrogen) atoms. The minimum atomic E-state index is 0.501. The van der Waals surface area contributed by atoms with Gasteiger partial charge in [0.15, 0.2) is 0 Å². The summed E-state index contributed by atoms with van der Waals surface area (Å²) in [4.78, 5) is 16.0. The SMILES string of the molecule is Cc1nc(NCC(C)N2CCCC(C)C2)cc(-c2ccccn2)n1. The first-order valence-electron chi connectivity index (χ1n) is 8.87. The third-order valence-electron chi connectivity index (χ3n) is 4.66. The molecule has 0 bridgehead atoms. The van der Waals surface area contributed by atoms with E-state index in [2.05, 4.69) is 39.0 Å². The van der Waals surface area contributed by atoms with Gasteiger partial charge >= 0.3 is 0 Å². The standard InChI is InChI=1S/C19H27N5/c1-14-7-6-10-24(13-14)15(2)12-21-19-11-18(22-16(3)23-19)17-8-4-5-9-20-17/h4-5,8-9,11,14-15H,6-7,10,12-13H2,1-3H3,(H,21,22,23). The highest BCUT2D eigenvalue weighted by atomic mass is 15.2. The number of hydrogen-bond acceptors (Lipinski definition) is 5. The van der Waals surface area contributed by atoms with Gasteiger partial charge in [-0.25, -0.2) is 9.97 Å². The molecular formula is C19H27N5. The highest BCUT2D eigenvalue weighted by molar-refractivity contribution is 5.58. The summed E-state index contributed by atoms with van der Waals surface area (Å²) in [5.41, 5.74) is 1.74. The lowest BCUT2D eigenvalue weighted by atomic mass is 9.99. The van der Waals surface area contributed by atoms with E-state index in [1.54, 1.807) is 6.20 Å². The fourth-order valence-electron chi connectivity index (χ4n) is 3.31. The Balaban J connectivity index is 1.66. The highest BCUT2D eigenvalue weighted by Gasteiger charge is 2.20. The fourth-order valence-corrected chi connectivity index (χ4v) is 3.31. The lowest BCUT2D eigenvalue weighted by molar-refractivity contribution is 0.144. The number of pyridine rings is 1. The molecule has 3 rings (SSSR count). The predicted molar refractivity (Wildman–Crippen MR) is 97.9 cm³/mol. The van der Waals surface area contributed by atoms with Crippen molar-refractivity contribution in [2.75, 3.05) is 25.0 Å². The van der Waals surface area contributed by atoms with Crippen LogP contribution in [0.15, 0.2) is 30.5 Å². The number of likely N-dealkylation sites (tertiary alicyclic amines) is 1. The van der Waals surface area contributed by atoms with Crippen LogP contribution < -0.4 is 5.32 Å². The van der Waals surface area contributed by atoms with Crippen LogP contribution in [0.25, 0.3) is 11.4 Å². The maximum atomic E-state index is 4.52. The molecule has 0 amide bonds. The molecule has 2 unspecified atom stereocenters. The molecule has 2 aromatic heterocycles. The Morgan fingerprint density at radius 1 is 1.29 bits per heavy atom. The first-order valence-corrected chi connectivity index (χ1v) is 8.87. The lowest BCUT2D eigenvalue weighted by Gasteiger charge is -2.35. The first-order chi connectivity index (χ1) is 11.6. The van der Waals surface area contributed by atoms with Crippen molar-refractivity contribution in [3.05, 3.63) is 36.3 Å². The van der Waals surface area contributed by atoms with Crippen molar-refractivity contribution >= 4 is 5.82 Å². The minimum absolute atomic E-state index is 0.501. The molecule has 0 aromatic carbocycles. The maximum Gasteiger partial charge on any atom is 0.130 e. The van der Waals surface area contributed by atoms with E-state index in [0.717, 1.165) is 35.5 Å². The summed E-state index contributed by atoms with van der Waals surface area (Å²) in [7, 11) is 0. The van der Waals surface area contributed by atoms with Crippen LogP contribution in [0, 0.1) is 12.8 Å². The van der Waals surface area contributed by atoms with E-state index in [1.807, 2.05) is 31.2 Å². The largest absolute Gasteiger partial charge is 0.368 e. The predicted octanol–water partition coefficient (Wildman–Crippen LogP) is 3.38. The first kappa shape index (κ1) is 16.8. The van der Waals surface area contributed by atoms with Crippen molar-refractivity contribution < 1.29 is 0 Å². The van der Waals surface area contributed by atoms with Crippen LogP contribution in [0.5, 0.6) is 0 Å². The molecule has 0 spiro atoms. The van der Waals surface area contributed by atoms with Gasteiger partial charge in [-0.3, -0.25) is 9.88 Å². The zero-order valence-electron chi connectivity index (χ0n) is 14.9. The quantitative estimate of drug-likeness (QED) is 0.913. The van der Waals surface area contributed by atoms with Crippen LogP contribution >= 0.6 is 0 Å². The molecule has 1 N–H and O–H groups in total. The second-order valence-electron chi connectivity index (χ2n) is 6.87. The second-order valence-corrected chi connectivity index (χ2v) is 6.87. The average Bonchev–Trinajstić information content (AvgIpc) is 2.60. The van der Waals surface area contributed by atoms with Crippen LogP contribution in [0.4, 0.5) is 5.82 Å². The molecule has 1 aliphatic heterocycles. The van der Waals surface area contributed by atoms with Gasteiger partial charge < -0.3 is 5.32 Å². The molecule has 1 fully saturated rings. The number of hydrogen-bond donors (Lipinski definition) is 1. The van der Waals surface area contributed by atoms with Crippen molar-refractivity contribution in [1.29, 1.82) is 0 Å². The molecule has 2 atom stereocenters. The lowest BCUT2D eigenvalue weighted by Crippen LogP contribution is -2.43. The second kappa shape index (κ2) is 7.71. The van der Waals surface area contributed by atoms with Gasteiger partial charge in [0, 0.05) is 31.4 Å². The number of aryl methyl sites for hydroxylation is 1. The van der Waals surface area contributed by atoms with E-state index in [0.29, 0.717) is 6.04 Å². The van der Waals surface area contributed by atoms with Gasteiger partial charge in [0.1, 0.15) is 11.6 Å². The van der Waals surface area contributed by atoms with Gasteiger partial charge in [0.25, 0.3) is 0 Å². The topological polar surface area (TPSA) is 53.9 Å². The smallest absolute Gasteiger partial charge is 0.130 e. The van der Waals surface area contributed by atoms with E-state index in [4.69, 9.17) is 0 Å². The molecule has 0 saturated carbocycles. The summed E-state index contributed by atoms with van der Waals surface area (Å²) in [6, 6.07) is 8.36. The minimum Gasteiger partial charge on any atom is -0.368 e. The Kier molecular flexibility index (Phi) is 5.41. The van der Waals surface area contributed by atoms with E-state index in [9.17, 15) is 0 Å². The van der Waals surface area contributed by atoms with E-state index in [1.165, 1.54) is 25.9 Å². The Morgan fingerprint density at radius 2 is 2.17 bits per heavy atom. The summed E-state index contributed by atoms with van der Waals surface area (Å²) in [6.07, 6.45) is 4.45. The van der Waals surface area contributed by atoms with Gasteiger partial charge in [-0.2, -0.15) is 0 Å². The van der Waals surface area contributed by atoms with Gasteiger partial charge in [0.05, 0.1) is 11.4 Å². The normalized spacial score (nSPS) is 19.9. The molecular weight excluding hydrogens is 298 g/mol. The van der Waals surface area contributed by atoms with Crippen molar-refractivity contribution in [2.24, 2.45) is 5.92 Å². The maximum absolute atomic E-state index is 4.52. The summed E-state index contributed by atoms with van der Waals surface area (Å²) in [5, 5.41) is 3.49. The van der Waals surface area contributed by atoms with Crippen LogP contribution in [0.1, 0.15) is 32.5 Å². The Bertz CT molecular complexity index is 658. The Hall–Kier alpha value is -2.01. The van der Waals surface area contributed by atoms with Crippen molar-refractivity contribution in [1.82, 2.24) is 19.9 Å². The fraction of sp³-hybridized carbons (Fsp3) is 0.526. The van der Waals surface area contributed by atoms with E-state index < -0.39 is 0 Å². The molecule has 2 aromatic rings. The Morgan fingerprint density at radius 3 is 2.92 bits per heavy atom. The highest BCUT2D eigenvalue weighted by Crippen LogP contribution is 2.19. The number of nitrogens with one attached hydrogen (secondary N) is 1. The van der Waals surface area contributed by atoms with Crippen LogP contribution in [-0.2, 0) is 0 Å². The van der Waals surface area contributed by atoms with Crippen LogP contribution in [0.2, 0.25) is 0 Å². The number of anilines is 1. The summed E-state index contributed by atoms with van der Waals surface area (Å²) in [5.74, 6) is 2.44. The van der Waals surface area contributed by atoms with Gasteiger partial charge in [-0.15, -0.1) is 0 Å². The number of aromatic nitrogens is 3. The van der Waals surface area contributed by atoms with Crippen LogP contribution in [0.3, 0.4) is 0 Å². The molecule has 128 valence electrons. The zero-order valence-corrected chi connectivity index (χ0v) is 14.9. The average molecular weight is 325 g/mol.